The highest BCUT2D eigenvalue weighted by Gasteiger charge is 2.15. The van der Waals surface area contributed by atoms with Crippen LogP contribution < -0.4 is 0 Å². The Morgan fingerprint density at radius 3 is 2.63 bits per heavy atom. The zero-order chi connectivity index (χ0) is 13.4. The molecule has 19 heavy (non-hydrogen) atoms. The fourth-order valence-electron chi connectivity index (χ4n) is 2.31. The second kappa shape index (κ2) is 4.35. The molecule has 3 aromatic rings. The predicted octanol–water partition coefficient (Wildman–Crippen LogP) is 3.34. The summed E-state index contributed by atoms with van der Waals surface area (Å²) in [6, 6.07) is 15.3. The molecule has 0 radical (unpaired) electrons. The van der Waals surface area contributed by atoms with Crippen molar-refractivity contribution in [2.75, 3.05) is 0 Å². The van der Waals surface area contributed by atoms with E-state index in [1.165, 1.54) is 0 Å². The van der Waals surface area contributed by atoms with Crippen molar-refractivity contribution >= 4 is 16.9 Å². The first-order chi connectivity index (χ1) is 9.16. The first-order valence-electron chi connectivity index (χ1n) is 6.22. The Bertz CT molecular complexity index is 771. The largest absolute Gasteiger partial charge is 0.268 e. The minimum absolute atomic E-state index is 0.0325. The van der Waals surface area contributed by atoms with Crippen LogP contribution >= 0.6 is 0 Å². The van der Waals surface area contributed by atoms with E-state index in [9.17, 15) is 4.79 Å². The Morgan fingerprint density at radius 1 is 1.05 bits per heavy atom. The summed E-state index contributed by atoms with van der Waals surface area (Å²) in [4.78, 5) is 17.0. The molecule has 1 aromatic heterocycles. The van der Waals surface area contributed by atoms with Crippen molar-refractivity contribution in [3.8, 4) is 0 Å². The smallest absolute Gasteiger partial charge is 0.263 e. The molecule has 0 N–H and O–H groups in total. The molecule has 0 amide bonds. The van der Waals surface area contributed by atoms with E-state index in [1.54, 1.807) is 4.57 Å². The molecule has 0 fully saturated rings. The van der Waals surface area contributed by atoms with E-state index in [0.717, 1.165) is 16.6 Å². The molecule has 3 heteroatoms. The van der Waals surface area contributed by atoms with Gasteiger partial charge in [0.05, 0.1) is 11.0 Å². The zero-order valence-corrected chi connectivity index (χ0v) is 10.9. The third-order valence-corrected chi connectivity index (χ3v) is 3.20. The van der Waals surface area contributed by atoms with Crippen LogP contribution in [0.5, 0.6) is 0 Å². The fraction of sp³-hybridized carbons (Fsp3) is 0.125. The van der Waals surface area contributed by atoms with Crippen LogP contribution in [0.1, 0.15) is 21.7 Å². The molecule has 0 aliphatic carbocycles. The Kier molecular flexibility index (Phi) is 2.67. The van der Waals surface area contributed by atoms with Gasteiger partial charge in [0, 0.05) is 5.56 Å². The van der Waals surface area contributed by atoms with E-state index in [1.807, 2.05) is 62.4 Å². The third kappa shape index (κ3) is 1.93. The van der Waals surface area contributed by atoms with Crippen LogP contribution in [0.3, 0.4) is 0 Å². The van der Waals surface area contributed by atoms with Crippen LogP contribution in [0.25, 0.3) is 11.0 Å². The second-order valence-electron chi connectivity index (χ2n) is 4.66. The van der Waals surface area contributed by atoms with Gasteiger partial charge in [-0.05, 0) is 38.1 Å². The van der Waals surface area contributed by atoms with Gasteiger partial charge in [0.15, 0.2) is 0 Å². The zero-order valence-electron chi connectivity index (χ0n) is 10.9. The van der Waals surface area contributed by atoms with Crippen LogP contribution in [0, 0.1) is 13.8 Å². The van der Waals surface area contributed by atoms with E-state index < -0.39 is 0 Å². The van der Waals surface area contributed by atoms with Crippen molar-refractivity contribution in [3.05, 3.63) is 65.5 Å². The van der Waals surface area contributed by atoms with E-state index >= 15 is 0 Å². The van der Waals surface area contributed by atoms with Gasteiger partial charge in [-0.1, -0.05) is 29.8 Å². The highest BCUT2D eigenvalue weighted by atomic mass is 16.2. The summed E-state index contributed by atoms with van der Waals surface area (Å²) in [5.41, 5.74) is 3.46. The highest BCUT2D eigenvalue weighted by Crippen LogP contribution is 2.17. The normalized spacial score (nSPS) is 10.8. The summed E-state index contributed by atoms with van der Waals surface area (Å²) < 4.78 is 1.67. The van der Waals surface area contributed by atoms with Crippen LogP contribution in [0.4, 0.5) is 0 Å². The molecule has 1 heterocycles. The molecule has 0 aliphatic rings. The Labute approximate surface area is 111 Å². The van der Waals surface area contributed by atoms with E-state index in [-0.39, 0.29) is 5.91 Å². The summed E-state index contributed by atoms with van der Waals surface area (Å²) in [6.07, 6.45) is 0. The van der Waals surface area contributed by atoms with Crippen LogP contribution in [-0.4, -0.2) is 15.5 Å². The summed E-state index contributed by atoms with van der Waals surface area (Å²) in [5.74, 6) is 0.683. The molecule has 0 saturated heterocycles. The van der Waals surface area contributed by atoms with Crippen molar-refractivity contribution in [2.24, 2.45) is 0 Å². The van der Waals surface area contributed by atoms with Gasteiger partial charge in [0.25, 0.3) is 5.91 Å². The number of carbonyl (C=O) groups excluding carboxylic acids is 1. The van der Waals surface area contributed by atoms with Gasteiger partial charge in [-0.15, -0.1) is 0 Å². The second-order valence-corrected chi connectivity index (χ2v) is 4.66. The van der Waals surface area contributed by atoms with E-state index in [2.05, 4.69) is 4.98 Å². The SMILES string of the molecule is Cc1cccc(C(=O)n2c(C)nc3ccccc32)c1. The number of para-hydroxylation sites is 2. The number of carbonyl (C=O) groups is 1. The molecule has 0 aliphatic heterocycles. The number of benzene rings is 2. The van der Waals surface area contributed by atoms with Crippen molar-refractivity contribution in [1.82, 2.24) is 9.55 Å². The minimum Gasteiger partial charge on any atom is -0.268 e. The third-order valence-electron chi connectivity index (χ3n) is 3.20. The van der Waals surface area contributed by atoms with Gasteiger partial charge in [-0.2, -0.15) is 0 Å². The number of aromatic nitrogens is 2. The van der Waals surface area contributed by atoms with Crippen LogP contribution in [0.2, 0.25) is 0 Å². The summed E-state index contributed by atoms with van der Waals surface area (Å²) >= 11 is 0. The number of nitrogens with zero attached hydrogens (tertiary/aromatic N) is 2. The maximum absolute atomic E-state index is 12.6. The molecule has 0 atom stereocenters. The number of rotatable bonds is 1. The molecule has 3 nitrogen and oxygen atoms in total. The van der Waals surface area contributed by atoms with Gasteiger partial charge in [0.2, 0.25) is 0 Å². The predicted molar refractivity (Wildman–Crippen MR) is 75.4 cm³/mol. The summed E-state index contributed by atoms with van der Waals surface area (Å²) in [6.45, 7) is 3.84. The first kappa shape index (κ1) is 11.7. The molecular formula is C16H14N2O. The van der Waals surface area contributed by atoms with Crippen LogP contribution in [-0.2, 0) is 0 Å². The lowest BCUT2D eigenvalue weighted by Crippen LogP contribution is -2.13. The van der Waals surface area contributed by atoms with Gasteiger partial charge in [0.1, 0.15) is 5.82 Å². The van der Waals surface area contributed by atoms with Crippen molar-refractivity contribution in [2.45, 2.75) is 13.8 Å². The molecule has 0 spiro atoms. The standard InChI is InChI=1S/C16H14N2O/c1-11-6-5-7-13(10-11)16(19)18-12(2)17-14-8-3-4-9-15(14)18/h3-10H,1-2H3. The number of imidazole rings is 1. The average Bonchev–Trinajstić information content (AvgIpc) is 2.74. The first-order valence-corrected chi connectivity index (χ1v) is 6.22. The molecule has 0 saturated carbocycles. The van der Waals surface area contributed by atoms with Gasteiger partial charge in [-0.25, -0.2) is 4.98 Å². The minimum atomic E-state index is -0.0325. The van der Waals surface area contributed by atoms with Gasteiger partial charge < -0.3 is 0 Å². The van der Waals surface area contributed by atoms with Crippen molar-refractivity contribution in [1.29, 1.82) is 0 Å². The average molecular weight is 250 g/mol. The lowest BCUT2D eigenvalue weighted by molar-refractivity contribution is 0.0962. The van der Waals surface area contributed by atoms with E-state index in [0.29, 0.717) is 11.4 Å². The number of hydrogen-bond acceptors (Lipinski definition) is 2. The molecule has 0 unspecified atom stereocenters. The molecular weight excluding hydrogens is 236 g/mol. The van der Waals surface area contributed by atoms with Crippen molar-refractivity contribution in [3.63, 3.8) is 0 Å². The Hall–Kier alpha value is -2.42. The Morgan fingerprint density at radius 2 is 1.84 bits per heavy atom. The fourth-order valence-corrected chi connectivity index (χ4v) is 2.31. The summed E-state index contributed by atoms with van der Waals surface area (Å²) in [7, 11) is 0. The lowest BCUT2D eigenvalue weighted by atomic mass is 10.1. The topological polar surface area (TPSA) is 34.9 Å². The lowest BCUT2D eigenvalue weighted by Gasteiger charge is -2.06. The van der Waals surface area contributed by atoms with Crippen molar-refractivity contribution < 1.29 is 4.79 Å². The molecule has 3 rings (SSSR count). The van der Waals surface area contributed by atoms with Gasteiger partial charge >= 0.3 is 0 Å². The van der Waals surface area contributed by atoms with Crippen LogP contribution in [0.15, 0.2) is 48.5 Å². The molecule has 2 aromatic carbocycles. The van der Waals surface area contributed by atoms with Gasteiger partial charge in [-0.3, -0.25) is 9.36 Å². The summed E-state index contributed by atoms with van der Waals surface area (Å²) in [5, 5.41) is 0. The number of hydrogen-bond donors (Lipinski definition) is 0. The maximum atomic E-state index is 12.6. The van der Waals surface area contributed by atoms with E-state index in [4.69, 9.17) is 0 Å². The highest BCUT2D eigenvalue weighted by molar-refractivity contribution is 6.01. The number of fused-ring (bicyclic) bond motifs is 1. The molecule has 94 valence electrons. The number of aryl methyl sites for hydroxylation is 2. The Balaban J connectivity index is 2.19. The molecule has 0 bridgehead atoms. The maximum Gasteiger partial charge on any atom is 0.263 e. The monoisotopic (exact) mass is 250 g/mol. The quantitative estimate of drug-likeness (QED) is 0.664.